The maximum absolute atomic E-state index is 4.00. The predicted octanol–water partition coefficient (Wildman–Crippen LogP) is 5.35. The third kappa shape index (κ3) is 3.92. The zero-order valence-corrected chi connectivity index (χ0v) is 12.2. The summed E-state index contributed by atoms with van der Waals surface area (Å²) in [5.41, 5.74) is 3.94. The molecule has 0 atom stereocenters. The summed E-state index contributed by atoms with van der Waals surface area (Å²) in [4.78, 5) is 0. The van der Waals surface area contributed by atoms with Crippen LogP contribution >= 0.6 is 0 Å². The molecule has 1 aliphatic heterocycles. The average molecular weight is 233 g/mol. The van der Waals surface area contributed by atoms with E-state index in [9.17, 15) is 0 Å². The lowest BCUT2D eigenvalue weighted by Gasteiger charge is -2.34. The molecule has 1 heteroatoms. The molecule has 1 nitrogen and oxygen atoms in total. The fraction of sp³-hybridized carbons (Fsp3) is 0.500. The van der Waals surface area contributed by atoms with Crippen molar-refractivity contribution in [2.75, 3.05) is 5.32 Å². The zero-order chi connectivity index (χ0) is 13.5. The van der Waals surface area contributed by atoms with Crippen LogP contribution in [0, 0.1) is 0 Å². The van der Waals surface area contributed by atoms with Crippen LogP contribution in [0.3, 0.4) is 0 Å². The van der Waals surface area contributed by atoms with Gasteiger partial charge in [0.25, 0.3) is 0 Å². The van der Waals surface area contributed by atoms with E-state index in [1.807, 2.05) is 27.7 Å². The van der Waals surface area contributed by atoms with E-state index < -0.39 is 0 Å². The Morgan fingerprint density at radius 3 is 2.18 bits per heavy atom. The molecule has 1 aromatic rings. The van der Waals surface area contributed by atoms with Crippen LogP contribution < -0.4 is 5.32 Å². The average Bonchev–Trinajstić information content (AvgIpc) is 2.33. The quantitative estimate of drug-likeness (QED) is 0.637. The van der Waals surface area contributed by atoms with E-state index in [0.29, 0.717) is 0 Å². The Morgan fingerprint density at radius 2 is 1.59 bits per heavy atom. The Morgan fingerprint density at radius 1 is 1.06 bits per heavy atom. The van der Waals surface area contributed by atoms with Gasteiger partial charge in [-0.25, -0.2) is 0 Å². The Kier molecular flexibility index (Phi) is 6.64. The van der Waals surface area contributed by atoms with Crippen LogP contribution in [-0.2, 0) is 5.41 Å². The van der Waals surface area contributed by atoms with E-state index in [-0.39, 0.29) is 5.41 Å². The molecule has 0 fully saturated rings. The van der Waals surface area contributed by atoms with E-state index >= 15 is 0 Å². The number of benzene rings is 1. The number of fused-ring (bicyclic) bond motifs is 1. The van der Waals surface area contributed by atoms with E-state index in [1.165, 1.54) is 11.3 Å². The number of para-hydroxylation sites is 1. The van der Waals surface area contributed by atoms with Crippen molar-refractivity contribution in [1.29, 1.82) is 0 Å². The van der Waals surface area contributed by atoms with Gasteiger partial charge in [-0.1, -0.05) is 66.3 Å². The molecule has 0 bridgehead atoms. The summed E-state index contributed by atoms with van der Waals surface area (Å²) >= 11 is 0. The first-order valence-electron chi connectivity index (χ1n) is 6.64. The first-order chi connectivity index (χ1) is 8.09. The second kappa shape index (κ2) is 7.16. The SMILES string of the molecule is C=C1CC(C)(C)c2ccccc2N1.CC.CC. The molecular weight excluding hydrogens is 206 g/mol. The Balaban J connectivity index is 0.000000581. The van der Waals surface area contributed by atoms with Gasteiger partial charge in [-0.2, -0.15) is 0 Å². The molecule has 17 heavy (non-hydrogen) atoms. The van der Waals surface area contributed by atoms with Gasteiger partial charge in [0, 0.05) is 11.4 Å². The minimum Gasteiger partial charge on any atom is -0.359 e. The second-order valence-corrected chi connectivity index (χ2v) is 4.33. The van der Waals surface area contributed by atoms with E-state index in [1.54, 1.807) is 0 Å². The minimum absolute atomic E-state index is 0.221. The summed E-state index contributed by atoms with van der Waals surface area (Å²) in [7, 11) is 0. The van der Waals surface area contributed by atoms with Crippen molar-refractivity contribution in [2.45, 2.75) is 53.4 Å². The molecule has 0 unspecified atom stereocenters. The lowest BCUT2D eigenvalue weighted by Crippen LogP contribution is -2.26. The van der Waals surface area contributed by atoms with Gasteiger partial charge in [-0.05, 0) is 23.5 Å². The predicted molar refractivity (Wildman–Crippen MR) is 79.5 cm³/mol. The second-order valence-electron chi connectivity index (χ2n) is 4.33. The van der Waals surface area contributed by atoms with Gasteiger partial charge in [-0.3, -0.25) is 0 Å². The molecule has 1 aliphatic rings. The largest absolute Gasteiger partial charge is 0.359 e. The summed E-state index contributed by atoms with van der Waals surface area (Å²) in [5, 5.41) is 3.32. The minimum atomic E-state index is 0.221. The fourth-order valence-electron chi connectivity index (χ4n) is 2.05. The Hall–Kier alpha value is -1.24. The maximum Gasteiger partial charge on any atom is 0.0419 e. The molecule has 0 spiro atoms. The lowest BCUT2D eigenvalue weighted by molar-refractivity contribution is 0.512. The smallest absolute Gasteiger partial charge is 0.0419 e. The van der Waals surface area contributed by atoms with Crippen LogP contribution in [0.15, 0.2) is 36.5 Å². The summed E-state index contributed by atoms with van der Waals surface area (Å²) in [5.74, 6) is 0. The summed E-state index contributed by atoms with van der Waals surface area (Å²) < 4.78 is 0. The standard InChI is InChI=1S/C12H15N.2C2H6/c1-9-8-12(2,3)10-6-4-5-7-11(10)13-9;2*1-2/h4-7,13H,1,8H2,2-3H3;2*1-2H3. The van der Waals surface area contributed by atoms with Crippen LogP contribution in [0.2, 0.25) is 0 Å². The maximum atomic E-state index is 4.00. The van der Waals surface area contributed by atoms with Gasteiger partial charge < -0.3 is 5.32 Å². The topological polar surface area (TPSA) is 12.0 Å². The van der Waals surface area contributed by atoms with Crippen molar-refractivity contribution in [1.82, 2.24) is 0 Å². The molecular formula is C16H27N. The molecule has 0 saturated heterocycles. The van der Waals surface area contributed by atoms with Crippen molar-refractivity contribution in [2.24, 2.45) is 0 Å². The lowest BCUT2D eigenvalue weighted by atomic mass is 9.77. The van der Waals surface area contributed by atoms with Crippen molar-refractivity contribution in [3.63, 3.8) is 0 Å². The summed E-state index contributed by atoms with van der Waals surface area (Å²) in [6.07, 6.45) is 1.02. The van der Waals surface area contributed by atoms with Crippen LogP contribution in [-0.4, -0.2) is 0 Å². The molecule has 0 radical (unpaired) electrons. The summed E-state index contributed by atoms with van der Waals surface area (Å²) in [6.45, 7) is 16.5. The van der Waals surface area contributed by atoms with Crippen LogP contribution in [0.4, 0.5) is 5.69 Å². The van der Waals surface area contributed by atoms with Crippen molar-refractivity contribution in [3.8, 4) is 0 Å². The molecule has 1 heterocycles. The number of hydrogen-bond donors (Lipinski definition) is 1. The van der Waals surface area contributed by atoms with Crippen molar-refractivity contribution < 1.29 is 0 Å². The molecule has 0 saturated carbocycles. The zero-order valence-electron chi connectivity index (χ0n) is 12.2. The molecule has 2 rings (SSSR count). The first kappa shape index (κ1) is 15.8. The van der Waals surface area contributed by atoms with Gasteiger partial charge in [0.05, 0.1) is 0 Å². The molecule has 0 aliphatic carbocycles. The number of hydrogen-bond acceptors (Lipinski definition) is 1. The molecule has 96 valence electrons. The van der Waals surface area contributed by atoms with E-state index in [2.05, 4.69) is 50.0 Å². The van der Waals surface area contributed by atoms with E-state index in [4.69, 9.17) is 0 Å². The molecule has 1 aromatic carbocycles. The van der Waals surface area contributed by atoms with Crippen LogP contribution in [0.25, 0.3) is 0 Å². The van der Waals surface area contributed by atoms with Crippen molar-refractivity contribution >= 4 is 5.69 Å². The molecule has 0 aromatic heterocycles. The van der Waals surface area contributed by atoms with Gasteiger partial charge >= 0.3 is 0 Å². The highest BCUT2D eigenvalue weighted by Gasteiger charge is 2.28. The Bertz CT molecular complexity index is 350. The van der Waals surface area contributed by atoms with Gasteiger partial charge in [0.15, 0.2) is 0 Å². The monoisotopic (exact) mass is 233 g/mol. The molecule has 0 amide bonds. The van der Waals surface area contributed by atoms with E-state index in [0.717, 1.165) is 12.1 Å². The first-order valence-corrected chi connectivity index (χ1v) is 6.64. The van der Waals surface area contributed by atoms with Crippen LogP contribution in [0.1, 0.15) is 53.5 Å². The highest BCUT2D eigenvalue weighted by Crippen LogP contribution is 2.39. The number of anilines is 1. The third-order valence-electron chi connectivity index (χ3n) is 2.62. The number of nitrogens with one attached hydrogen (secondary N) is 1. The number of allylic oxidation sites excluding steroid dienone is 1. The number of rotatable bonds is 0. The van der Waals surface area contributed by atoms with Crippen LogP contribution in [0.5, 0.6) is 0 Å². The highest BCUT2D eigenvalue weighted by molar-refractivity contribution is 5.60. The van der Waals surface area contributed by atoms with Gasteiger partial charge in [0.1, 0.15) is 0 Å². The van der Waals surface area contributed by atoms with Crippen molar-refractivity contribution in [3.05, 3.63) is 42.1 Å². The molecule has 1 N–H and O–H groups in total. The normalized spacial score (nSPS) is 15.3. The third-order valence-corrected chi connectivity index (χ3v) is 2.62. The fourth-order valence-corrected chi connectivity index (χ4v) is 2.05. The Labute approximate surface area is 107 Å². The van der Waals surface area contributed by atoms with Gasteiger partial charge in [-0.15, -0.1) is 0 Å². The highest BCUT2D eigenvalue weighted by atomic mass is 14.9. The summed E-state index contributed by atoms with van der Waals surface area (Å²) in [6, 6.07) is 8.45. The van der Waals surface area contributed by atoms with Gasteiger partial charge in [0.2, 0.25) is 0 Å².